The van der Waals surface area contributed by atoms with Crippen molar-refractivity contribution in [3.63, 3.8) is 0 Å². The zero-order valence-electron chi connectivity index (χ0n) is 13.6. The molecule has 1 aliphatic carbocycles. The average Bonchev–Trinajstić information content (AvgIpc) is 2.99. The fourth-order valence-electron chi connectivity index (χ4n) is 2.82. The van der Waals surface area contributed by atoms with Crippen molar-refractivity contribution in [3.05, 3.63) is 35.6 Å². The topological polar surface area (TPSA) is 61.4 Å². The molecule has 0 heterocycles. The molecule has 1 fully saturated rings. The molecule has 0 saturated heterocycles. The number of hydrogen-bond donors (Lipinski definition) is 2. The molecule has 0 radical (unpaired) electrons. The van der Waals surface area contributed by atoms with Crippen LogP contribution in [-0.4, -0.2) is 36.5 Å². The lowest BCUT2D eigenvalue weighted by Crippen LogP contribution is -2.46. The summed E-state index contributed by atoms with van der Waals surface area (Å²) in [5.41, 5.74) is 0.914. The Bertz CT molecular complexity index is 541. The van der Waals surface area contributed by atoms with Crippen LogP contribution in [0.25, 0.3) is 0 Å². The Hall–Kier alpha value is -1.95. The molecule has 0 bridgehead atoms. The van der Waals surface area contributed by atoms with Crippen LogP contribution < -0.4 is 10.6 Å². The fourth-order valence-corrected chi connectivity index (χ4v) is 2.82. The summed E-state index contributed by atoms with van der Waals surface area (Å²) < 4.78 is 12.9. The number of rotatable bonds is 5. The van der Waals surface area contributed by atoms with Gasteiger partial charge in [0.1, 0.15) is 5.82 Å². The van der Waals surface area contributed by atoms with Gasteiger partial charge in [0.25, 0.3) is 0 Å². The maximum atomic E-state index is 12.9. The number of nitrogens with zero attached hydrogens (tertiary/aromatic N) is 1. The maximum Gasteiger partial charge on any atom is 0.321 e. The molecule has 3 amide bonds. The Labute approximate surface area is 136 Å². The van der Waals surface area contributed by atoms with Crippen molar-refractivity contribution in [2.45, 2.75) is 44.7 Å². The van der Waals surface area contributed by atoms with E-state index in [4.69, 9.17) is 0 Å². The predicted octanol–water partition coefficient (Wildman–Crippen LogP) is 2.59. The van der Waals surface area contributed by atoms with Crippen LogP contribution in [0, 0.1) is 5.82 Å². The van der Waals surface area contributed by atoms with Gasteiger partial charge in [0.05, 0.1) is 6.54 Å². The molecule has 5 nitrogen and oxygen atoms in total. The van der Waals surface area contributed by atoms with Crippen LogP contribution in [0.3, 0.4) is 0 Å². The lowest BCUT2D eigenvalue weighted by Gasteiger charge is -2.24. The van der Waals surface area contributed by atoms with Crippen molar-refractivity contribution >= 4 is 11.9 Å². The Morgan fingerprint density at radius 3 is 2.48 bits per heavy atom. The zero-order chi connectivity index (χ0) is 16.8. The van der Waals surface area contributed by atoms with Crippen LogP contribution in [0.2, 0.25) is 0 Å². The SMILES string of the molecule is CC(c1ccc(F)cc1)N(C)CC(=O)NC(=O)NC1CCCC1. The molecule has 1 aromatic carbocycles. The van der Waals surface area contributed by atoms with Crippen molar-refractivity contribution in [3.8, 4) is 0 Å². The van der Waals surface area contributed by atoms with Gasteiger partial charge in [-0.2, -0.15) is 0 Å². The third-order valence-corrected chi connectivity index (χ3v) is 4.35. The minimum atomic E-state index is -0.426. The van der Waals surface area contributed by atoms with Crippen LogP contribution in [0.1, 0.15) is 44.2 Å². The molecule has 1 saturated carbocycles. The highest BCUT2D eigenvalue weighted by Gasteiger charge is 2.20. The molecule has 23 heavy (non-hydrogen) atoms. The molecule has 0 aliphatic heterocycles. The van der Waals surface area contributed by atoms with Crippen molar-refractivity contribution in [2.75, 3.05) is 13.6 Å². The molecule has 0 spiro atoms. The second-order valence-electron chi connectivity index (χ2n) is 6.15. The summed E-state index contributed by atoms with van der Waals surface area (Å²) in [5, 5.41) is 5.18. The van der Waals surface area contributed by atoms with Crippen LogP contribution in [0.4, 0.5) is 9.18 Å². The largest absolute Gasteiger partial charge is 0.335 e. The van der Waals surface area contributed by atoms with Gasteiger partial charge in [0, 0.05) is 12.1 Å². The summed E-state index contributed by atoms with van der Waals surface area (Å²) in [7, 11) is 1.79. The number of amides is 3. The van der Waals surface area contributed by atoms with Gasteiger partial charge < -0.3 is 5.32 Å². The first-order valence-electron chi connectivity index (χ1n) is 8.01. The van der Waals surface area contributed by atoms with Crippen molar-refractivity contribution in [1.29, 1.82) is 0 Å². The van der Waals surface area contributed by atoms with Crippen LogP contribution >= 0.6 is 0 Å². The smallest absolute Gasteiger partial charge is 0.321 e. The molecule has 1 aliphatic rings. The van der Waals surface area contributed by atoms with E-state index in [0.717, 1.165) is 31.2 Å². The number of halogens is 1. The number of likely N-dealkylation sites (N-methyl/N-ethyl adjacent to an activating group) is 1. The van der Waals surface area contributed by atoms with E-state index in [9.17, 15) is 14.0 Å². The van der Waals surface area contributed by atoms with Crippen LogP contribution in [0.5, 0.6) is 0 Å². The number of imide groups is 1. The minimum absolute atomic E-state index is 0.0563. The van der Waals surface area contributed by atoms with E-state index in [2.05, 4.69) is 10.6 Å². The first-order valence-corrected chi connectivity index (χ1v) is 8.01. The molecule has 126 valence electrons. The normalized spacial score (nSPS) is 16.3. The third-order valence-electron chi connectivity index (χ3n) is 4.35. The lowest BCUT2D eigenvalue weighted by atomic mass is 10.1. The first-order chi connectivity index (χ1) is 11.0. The van der Waals surface area contributed by atoms with E-state index in [0.29, 0.717) is 0 Å². The number of urea groups is 1. The van der Waals surface area contributed by atoms with E-state index >= 15 is 0 Å². The molecule has 1 aromatic rings. The van der Waals surface area contributed by atoms with Crippen LogP contribution in [-0.2, 0) is 4.79 Å². The van der Waals surface area contributed by atoms with E-state index in [-0.39, 0.29) is 30.4 Å². The summed E-state index contributed by atoms with van der Waals surface area (Å²) in [6, 6.07) is 5.88. The molecule has 1 unspecified atom stereocenters. The molecule has 0 aromatic heterocycles. The molecular weight excluding hydrogens is 297 g/mol. The van der Waals surface area contributed by atoms with E-state index in [1.807, 2.05) is 11.8 Å². The quantitative estimate of drug-likeness (QED) is 0.876. The van der Waals surface area contributed by atoms with Crippen molar-refractivity contribution in [1.82, 2.24) is 15.5 Å². The van der Waals surface area contributed by atoms with Gasteiger partial charge >= 0.3 is 6.03 Å². The number of carbonyl (C=O) groups excluding carboxylic acids is 2. The number of benzene rings is 1. The van der Waals surface area contributed by atoms with Gasteiger partial charge in [-0.25, -0.2) is 9.18 Å². The number of nitrogens with one attached hydrogen (secondary N) is 2. The summed E-state index contributed by atoms with van der Waals surface area (Å²) in [5.74, 6) is -0.637. The Kier molecular flexibility index (Phi) is 6.10. The third kappa shape index (κ3) is 5.32. The van der Waals surface area contributed by atoms with Gasteiger partial charge in [0.2, 0.25) is 5.91 Å². The molecule has 6 heteroatoms. The highest BCUT2D eigenvalue weighted by Crippen LogP contribution is 2.19. The molecular formula is C17H24FN3O2. The lowest BCUT2D eigenvalue weighted by molar-refractivity contribution is -0.121. The van der Waals surface area contributed by atoms with Gasteiger partial charge in [-0.3, -0.25) is 15.0 Å². The number of carbonyl (C=O) groups is 2. The van der Waals surface area contributed by atoms with Crippen molar-refractivity contribution < 1.29 is 14.0 Å². The monoisotopic (exact) mass is 321 g/mol. The Morgan fingerprint density at radius 1 is 1.26 bits per heavy atom. The van der Waals surface area contributed by atoms with E-state index in [1.165, 1.54) is 12.1 Å². The van der Waals surface area contributed by atoms with E-state index in [1.54, 1.807) is 19.2 Å². The molecule has 1 atom stereocenters. The highest BCUT2D eigenvalue weighted by molar-refractivity contribution is 5.95. The van der Waals surface area contributed by atoms with Gasteiger partial charge in [-0.15, -0.1) is 0 Å². The number of hydrogen-bond acceptors (Lipinski definition) is 3. The zero-order valence-corrected chi connectivity index (χ0v) is 13.6. The first kappa shape index (κ1) is 17.4. The second-order valence-corrected chi connectivity index (χ2v) is 6.15. The second kappa shape index (κ2) is 8.06. The van der Waals surface area contributed by atoms with Gasteiger partial charge in [-0.05, 0) is 44.5 Å². The summed E-state index contributed by atoms with van der Waals surface area (Å²) in [6.45, 7) is 2.02. The maximum absolute atomic E-state index is 12.9. The van der Waals surface area contributed by atoms with Gasteiger partial charge in [0.15, 0.2) is 0 Å². The minimum Gasteiger partial charge on any atom is -0.335 e. The standard InChI is InChI=1S/C17H24FN3O2/c1-12(13-7-9-14(18)10-8-13)21(2)11-16(22)20-17(23)19-15-5-3-4-6-15/h7-10,12,15H,3-6,11H2,1-2H3,(H2,19,20,22,23). The Balaban J connectivity index is 1.79. The van der Waals surface area contributed by atoms with Crippen LogP contribution in [0.15, 0.2) is 24.3 Å². The fraction of sp³-hybridized carbons (Fsp3) is 0.529. The van der Waals surface area contributed by atoms with Crippen molar-refractivity contribution in [2.24, 2.45) is 0 Å². The summed E-state index contributed by atoms with van der Waals surface area (Å²) >= 11 is 0. The summed E-state index contributed by atoms with van der Waals surface area (Å²) in [6.07, 6.45) is 4.19. The molecule has 2 N–H and O–H groups in total. The predicted molar refractivity (Wildman–Crippen MR) is 86.4 cm³/mol. The molecule has 2 rings (SSSR count). The van der Waals surface area contributed by atoms with E-state index < -0.39 is 6.03 Å². The average molecular weight is 321 g/mol. The van der Waals surface area contributed by atoms with Gasteiger partial charge in [-0.1, -0.05) is 25.0 Å². The Morgan fingerprint density at radius 2 is 1.87 bits per heavy atom. The summed E-state index contributed by atoms with van der Waals surface area (Å²) in [4.78, 5) is 25.5. The highest BCUT2D eigenvalue weighted by atomic mass is 19.1.